The second-order valence-corrected chi connectivity index (χ2v) is 6.84. The average Bonchev–Trinajstić information content (AvgIpc) is 3.06. The van der Waals surface area contributed by atoms with Gasteiger partial charge < -0.3 is 19.9 Å². The summed E-state index contributed by atoms with van der Waals surface area (Å²) in [6, 6.07) is 7.38. The van der Waals surface area contributed by atoms with E-state index in [0.717, 1.165) is 50.0 Å². The molecule has 0 aliphatic carbocycles. The van der Waals surface area contributed by atoms with Crippen molar-refractivity contribution in [3.63, 3.8) is 0 Å². The fourth-order valence-electron chi connectivity index (χ4n) is 2.60. The van der Waals surface area contributed by atoms with Crippen molar-refractivity contribution in [3.05, 3.63) is 47.5 Å². The van der Waals surface area contributed by atoms with Gasteiger partial charge in [-0.3, -0.25) is 0 Å². The van der Waals surface area contributed by atoms with Crippen LogP contribution in [0.15, 0.2) is 41.7 Å². The Hall–Kier alpha value is -1.48. The molecule has 2 N–H and O–H groups in total. The summed E-state index contributed by atoms with van der Waals surface area (Å²) < 4.78 is 8.04. The molecular weight excluding hydrogens is 489 g/mol. The van der Waals surface area contributed by atoms with Gasteiger partial charge in [0.05, 0.1) is 6.54 Å². The van der Waals surface area contributed by atoms with Gasteiger partial charge in [0, 0.05) is 37.1 Å². The van der Waals surface area contributed by atoms with Crippen LogP contribution in [-0.2, 0) is 6.54 Å². The summed E-state index contributed by atoms with van der Waals surface area (Å²) in [5.74, 6) is 2.69. The van der Waals surface area contributed by atoms with Gasteiger partial charge in [0.25, 0.3) is 0 Å². The van der Waals surface area contributed by atoms with Crippen molar-refractivity contribution < 1.29 is 4.74 Å². The summed E-state index contributed by atoms with van der Waals surface area (Å²) >= 11 is 5.89. The maximum Gasteiger partial charge on any atom is 0.191 e. The van der Waals surface area contributed by atoms with Crippen LogP contribution in [0, 0.1) is 6.92 Å². The van der Waals surface area contributed by atoms with Gasteiger partial charge >= 0.3 is 0 Å². The van der Waals surface area contributed by atoms with Crippen molar-refractivity contribution in [2.45, 2.75) is 46.3 Å². The molecule has 156 valence electrons. The molecule has 0 aliphatic heterocycles. The number of hydrogen-bond acceptors (Lipinski definition) is 3. The van der Waals surface area contributed by atoms with E-state index in [2.05, 4.69) is 32.1 Å². The number of hydrogen-bond donors (Lipinski definition) is 2. The minimum Gasteiger partial charge on any atom is -0.489 e. The van der Waals surface area contributed by atoms with Crippen molar-refractivity contribution in [2.24, 2.45) is 4.99 Å². The third kappa shape index (κ3) is 9.14. The van der Waals surface area contributed by atoms with E-state index in [1.165, 1.54) is 0 Å². The summed E-state index contributed by atoms with van der Waals surface area (Å²) in [4.78, 5) is 8.86. The zero-order chi connectivity index (χ0) is 19.5. The maximum atomic E-state index is 5.89. The molecule has 0 saturated carbocycles. The summed E-state index contributed by atoms with van der Waals surface area (Å²) in [6.07, 6.45) is 6.01. The average molecular weight is 520 g/mol. The molecule has 1 unspecified atom stereocenters. The van der Waals surface area contributed by atoms with Crippen molar-refractivity contribution in [1.82, 2.24) is 20.2 Å². The van der Waals surface area contributed by atoms with Crippen molar-refractivity contribution in [1.29, 1.82) is 0 Å². The van der Waals surface area contributed by atoms with Gasteiger partial charge in [-0.25, -0.2) is 9.98 Å². The number of benzene rings is 1. The van der Waals surface area contributed by atoms with Crippen LogP contribution in [0.4, 0.5) is 0 Å². The number of aromatic nitrogens is 2. The molecule has 28 heavy (non-hydrogen) atoms. The molecule has 6 nitrogen and oxygen atoms in total. The van der Waals surface area contributed by atoms with Gasteiger partial charge in [-0.15, -0.1) is 24.0 Å². The van der Waals surface area contributed by atoms with Gasteiger partial charge in [-0.05, 0) is 57.9 Å². The molecule has 0 bridgehead atoms. The molecule has 0 radical (unpaired) electrons. The van der Waals surface area contributed by atoms with E-state index < -0.39 is 0 Å². The van der Waals surface area contributed by atoms with E-state index in [9.17, 15) is 0 Å². The molecular formula is C20H31ClIN5O. The smallest absolute Gasteiger partial charge is 0.191 e. The topological polar surface area (TPSA) is 63.5 Å². The molecule has 1 atom stereocenters. The van der Waals surface area contributed by atoms with Crippen LogP contribution in [0.3, 0.4) is 0 Å². The minimum absolute atomic E-state index is 0. The number of guanidine groups is 1. The number of unbranched alkanes of at least 4 members (excludes halogenated alkanes) is 1. The summed E-state index contributed by atoms with van der Waals surface area (Å²) in [5, 5.41) is 7.36. The Bertz CT molecular complexity index is 705. The Labute approximate surface area is 190 Å². The monoisotopic (exact) mass is 519 g/mol. The van der Waals surface area contributed by atoms with E-state index in [4.69, 9.17) is 16.3 Å². The van der Waals surface area contributed by atoms with Crippen LogP contribution in [0.2, 0.25) is 5.02 Å². The third-order valence-corrected chi connectivity index (χ3v) is 4.30. The normalized spacial score (nSPS) is 12.2. The minimum atomic E-state index is -0.0224. The lowest BCUT2D eigenvalue weighted by Gasteiger charge is -2.15. The number of imidazole rings is 1. The highest BCUT2D eigenvalue weighted by atomic mass is 127. The van der Waals surface area contributed by atoms with Crippen LogP contribution in [0.5, 0.6) is 5.75 Å². The Kier molecular flexibility index (Phi) is 12.0. The highest BCUT2D eigenvalue weighted by Gasteiger charge is 2.05. The second kappa shape index (κ2) is 13.7. The quantitative estimate of drug-likeness (QED) is 0.213. The number of aliphatic imine (C=N–C) groups is 1. The molecule has 0 saturated heterocycles. The van der Waals surface area contributed by atoms with Gasteiger partial charge in [0.1, 0.15) is 17.7 Å². The molecule has 2 aromatic rings. The number of rotatable bonds is 10. The molecule has 0 spiro atoms. The zero-order valence-corrected chi connectivity index (χ0v) is 19.9. The van der Waals surface area contributed by atoms with Gasteiger partial charge in [0.15, 0.2) is 5.96 Å². The van der Waals surface area contributed by atoms with Crippen LogP contribution >= 0.6 is 35.6 Å². The lowest BCUT2D eigenvalue weighted by atomic mass is 10.3. The lowest BCUT2D eigenvalue weighted by Crippen LogP contribution is -2.38. The number of ether oxygens (including phenoxy) is 1. The van der Waals surface area contributed by atoms with E-state index >= 15 is 0 Å². The largest absolute Gasteiger partial charge is 0.489 e. The first-order valence-corrected chi connectivity index (χ1v) is 9.88. The van der Waals surface area contributed by atoms with Crippen molar-refractivity contribution in [2.75, 3.05) is 19.6 Å². The number of nitrogens with zero attached hydrogens (tertiary/aromatic N) is 3. The molecule has 2 rings (SSSR count). The lowest BCUT2D eigenvalue weighted by molar-refractivity contribution is 0.230. The zero-order valence-electron chi connectivity index (χ0n) is 16.8. The number of nitrogens with one attached hydrogen (secondary N) is 2. The van der Waals surface area contributed by atoms with Crippen molar-refractivity contribution >= 4 is 41.5 Å². The van der Waals surface area contributed by atoms with E-state index in [-0.39, 0.29) is 30.1 Å². The van der Waals surface area contributed by atoms with Crippen LogP contribution < -0.4 is 15.4 Å². The molecule has 0 amide bonds. The fraction of sp³-hybridized carbons (Fsp3) is 0.500. The highest BCUT2D eigenvalue weighted by molar-refractivity contribution is 14.0. The van der Waals surface area contributed by atoms with E-state index in [1.807, 2.05) is 50.5 Å². The standard InChI is InChI=1S/C20H30ClN5O.HI/c1-4-22-20(24-11-5-6-13-26-14-12-23-17(26)3)25-15-16(2)27-19-9-7-18(21)8-10-19;/h7-10,12,14,16H,4-6,11,13,15H2,1-3H3,(H2,22,24,25);1H. The Morgan fingerprint density at radius 2 is 2.00 bits per heavy atom. The Morgan fingerprint density at radius 3 is 2.64 bits per heavy atom. The van der Waals surface area contributed by atoms with E-state index in [0.29, 0.717) is 11.6 Å². The maximum absolute atomic E-state index is 5.89. The van der Waals surface area contributed by atoms with Gasteiger partial charge in [-0.1, -0.05) is 11.6 Å². The molecule has 1 heterocycles. The van der Waals surface area contributed by atoms with Crippen LogP contribution in [0.1, 0.15) is 32.5 Å². The SMILES string of the molecule is CCNC(=NCC(C)Oc1ccc(Cl)cc1)NCCCCn1ccnc1C.I. The molecule has 0 fully saturated rings. The third-order valence-electron chi connectivity index (χ3n) is 4.04. The summed E-state index contributed by atoms with van der Waals surface area (Å²) in [5.41, 5.74) is 0. The molecule has 8 heteroatoms. The number of aryl methyl sites for hydroxylation is 2. The molecule has 1 aromatic heterocycles. The number of halogens is 2. The Morgan fingerprint density at radius 1 is 1.25 bits per heavy atom. The van der Waals surface area contributed by atoms with E-state index in [1.54, 1.807) is 0 Å². The summed E-state index contributed by atoms with van der Waals surface area (Å²) in [6.45, 7) is 9.38. The first-order valence-electron chi connectivity index (χ1n) is 9.50. The van der Waals surface area contributed by atoms with Crippen molar-refractivity contribution in [3.8, 4) is 5.75 Å². The Balaban J connectivity index is 0.00000392. The van der Waals surface area contributed by atoms with Gasteiger partial charge in [-0.2, -0.15) is 0 Å². The fourth-order valence-corrected chi connectivity index (χ4v) is 2.72. The second-order valence-electron chi connectivity index (χ2n) is 6.40. The molecule has 0 aliphatic rings. The first kappa shape index (κ1) is 24.6. The van der Waals surface area contributed by atoms with Crippen LogP contribution in [-0.4, -0.2) is 41.2 Å². The predicted molar refractivity (Wildman–Crippen MR) is 127 cm³/mol. The first-order chi connectivity index (χ1) is 13.1. The molecule has 1 aromatic carbocycles. The summed E-state index contributed by atoms with van der Waals surface area (Å²) in [7, 11) is 0. The highest BCUT2D eigenvalue weighted by Crippen LogP contribution is 2.16. The van der Waals surface area contributed by atoms with Gasteiger partial charge in [0.2, 0.25) is 0 Å². The predicted octanol–water partition coefficient (Wildman–Crippen LogP) is 4.27. The van der Waals surface area contributed by atoms with Crippen LogP contribution in [0.25, 0.3) is 0 Å².